The van der Waals surface area contributed by atoms with Gasteiger partial charge in [-0.05, 0) is 57.2 Å². The minimum absolute atomic E-state index is 0.0202. The molecule has 7 heterocycles. The Bertz CT molecular complexity index is 1920. The van der Waals surface area contributed by atoms with Crippen molar-refractivity contribution in [1.29, 1.82) is 0 Å². The maximum Gasteiger partial charge on any atom is 0.418 e. The number of fused-ring (bicyclic) bond motifs is 2. The summed E-state index contributed by atoms with van der Waals surface area (Å²) in [6, 6.07) is 1.52. The molecule has 2 unspecified atom stereocenters. The molecule has 0 spiro atoms. The summed E-state index contributed by atoms with van der Waals surface area (Å²) in [5, 5.41) is 6.74. The Labute approximate surface area is 303 Å². The van der Waals surface area contributed by atoms with E-state index < -0.39 is 35.1 Å². The van der Waals surface area contributed by atoms with Gasteiger partial charge in [0.1, 0.15) is 34.7 Å². The highest BCUT2D eigenvalue weighted by molar-refractivity contribution is 5.92. The first-order chi connectivity index (χ1) is 25.2. The van der Waals surface area contributed by atoms with Crippen molar-refractivity contribution in [2.75, 3.05) is 51.4 Å². The van der Waals surface area contributed by atoms with E-state index in [0.717, 1.165) is 45.0 Å². The molecule has 4 aromatic rings. The first-order valence-electron chi connectivity index (χ1n) is 17.3. The number of nitrogens with zero attached hydrogens (tertiary/aromatic N) is 8. The van der Waals surface area contributed by atoms with Gasteiger partial charge in [-0.25, -0.2) is 13.8 Å². The number of ether oxygens (including phenoxy) is 1. The molecule has 7 rings (SSSR count). The molecule has 2 atom stereocenters. The number of pyridine rings is 2. The van der Waals surface area contributed by atoms with Gasteiger partial charge >= 0.3 is 12.2 Å². The summed E-state index contributed by atoms with van der Waals surface area (Å²) in [4.78, 5) is 35.4. The van der Waals surface area contributed by atoms with E-state index in [1.54, 1.807) is 6.08 Å². The van der Waals surface area contributed by atoms with Crippen LogP contribution in [0.5, 0.6) is 6.01 Å². The summed E-state index contributed by atoms with van der Waals surface area (Å²) in [7, 11) is 2.82. The first-order valence-corrected chi connectivity index (χ1v) is 17.3. The number of nitrogens with one attached hydrogen (secondary N) is 1. The number of nitrogen functional groups attached to an aromatic ring is 1. The zero-order chi connectivity index (χ0) is 38.4. The lowest BCUT2D eigenvalue weighted by atomic mass is 10.0. The largest absolute Gasteiger partial charge is 0.467 e. The Kier molecular flexibility index (Phi) is 12.4. The number of hydrogen-bond acceptors (Lipinski definition) is 12. The van der Waals surface area contributed by atoms with Crippen LogP contribution in [0.2, 0.25) is 0 Å². The van der Waals surface area contributed by atoms with Crippen LogP contribution in [0.4, 0.5) is 33.6 Å². The van der Waals surface area contributed by atoms with E-state index in [2.05, 4.69) is 40.3 Å². The standard InChI is InChI=1S/C16H14F4N6O.C12H17N3O2.C7H12FN/c1-6-4-8(21)24-12(9(6)16(18,19)20)13-10(17)11-7(5-23-13)14(22-2)26-15(25-11)27-3;1-9(2)12-13-10(17-14-12)5-6-11(16)15-7-3-4-8-15;8-6-4-7-2-1-3-9(7)5-6/h4-5H,1-3H3,(H2,21,24)(H,22,25,26);5-6,9H,3-4,7-8H2,1-2H3;6-7H,1-5H2/b;6-5+;. The lowest BCUT2D eigenvalue weighted by molar-refractivity contribution is -0.137. The second-order valence-corrected chi connectivity index (χ2v) is 13.2. The normalized spacial score (nSPS) is 18.6. The fourth-order valence-corrected chi connectivity index (χ4v) is 6.47. The van der Waals surface area contributed by atoms with Gasteiger partial charge in [0.15, 0.2) is 11.6 Å². The quantitative estimate of drug-likeness (QED) is 0.170. The molecule has 4 aromatic heterocycles. The van der Waals surface area contributed by atoms with E-state index in [1.165, 1.54) is 46.2 Å². The van der Waals surface area contributed by atoms with E-state index in [4.69, 9.17) is 15.0 Å². The molecular formula is C35H43F5N10O3. The average Bonchev–Trinajstić information content (AvgIpc) is 3.93. The number of hydrogen-bond donors (Lipinski definition) is 2. The van der Waals surface area contributed by atoms with Gasteiger partial charge in [-0.15, -0.1) is 0 Å². The van der Waals surface area contributed by atoms with Crippen LogP contribution in [0.25, 0.3) is 28.4 Å². The minimum atomic E-state index is -4.78. The molecule has 0 aromatic carbocycles. The van der Waals surface area contributed by atoms with Gasteiger partial charge < -0.3 is 25.2 Å². The number of carbonyl (C=O) groups is 1. The Balaban J connectivity index is 0.000000175. The Morgan fingerprint density at radius 3 is 2.47 bits per heavy atom. The van der Waals surface area contributed by atoms with Crippen molar-refractivity contribution in [2.24, 2.45) is 0 Å². The van der Waals surface area contributed by atoms with Crippen LogP contribution < -0.4 is 15.8 Å². The van der Waals surface area contributed by atoms with Gasteiger partial charge in [-0.3, -0.25) is 14.7 Å². The van der Waals surface area contributed by atoms with E-state index in [-0.39, 0.29) is 45.9 Å². The van der Waals surface area contributed by atoms with Crippen LogP contribution in [0.1, 0.15) is 74.7 Å². The SMILES string of the molecule is CC(C)c1noc(/C=C/C(=O)N2CCCC2)n1.CNc1nc(OC)nc2c(F)c(-c3nc(N)cc(C)c3C(F)(F)F)ncc12.FC1CC2CCCN2C1. The van der Waals surface area contributed by atoms with E-state index in [9.17, 15) is 22.4 Å². The molecule has 286 valence electrons. The highest BCUT2D eigenvalue weighted by Gasteiger charge is 2.38. The highest BCUT2D eigenvalue weighted by Crippen LogP contribution is 2.40. The number of aryl methyl sites for hydroxylation is 1. The fraction of sp³-hybridized carbons (Fsp3) is 0.514. The summed E-state index contributed by atoms with van der Waals surface area (Å²) >= 11 is 0. The van der Waals surface area contributed by atoms with E-state index in [1.807, 2.05) is 18.7 Å². The first kappa shape index (κ1) is 39.2. The van der Waals surface area contributed by atoms with Crippen molar-refractivity contribution in [3.8, 4) is 17.4 Å². The predicted octanol–water partition coefficient (Wildman–Crippen LogP) is 6.21. The predicted molar refractivity (Wildman–Crippen MR) is 188 cm³/mol. The van der Waals surface area contributed by atoms with Crippen LogP contribution in [0.15, 0.2) is 22.9 Å². The third-order valence-electron chi connectivity index (χ3n) is 9.05. The molecule has 3 fully saturated rings. The zero-order valence-electron chi connectivity index (χ0n) is 30.2. The monoisotopic (exact) mass is 746 g/mol. The number of alkyl halides is 4. The lowest BCUT2D eigenvalue weighted by Gasteiger charge is -2.16. The molecule has 53 heavy (non-hydrogen) atoms. The van der Waals surface area contributed by atoms with Gasteiger partial charge in [0.2, 0.25) is 5.91 Å². The van der Waals surface area contributed by atoms with Gasteiger partial charge in [0, 0.05) is 57.0 Å². The third kappa shape index (κ3) is 9.33. The van der Waals surface area contributed by atoms with Crippen molar-refractivity contribution in [3.05, 3.63) is 47.0 Å². The highest BCUT2D eigenvalue weighted by atomic mass is 19.4. The summed E-state index contributed by atoms with van der Waals surface area (Å²) in [6.07, 6.45) is 4.48. The third-order valence-corrected chi connectivity index (χ3v) is 9.05. The van der Waals surface area contributed by atoms with Gasteiger partial charge in [-0.1, -0.05) is 19.0 Å². The Morgan fingerprint density at radius 1 is 1.11 bits per heavy atom. The molecule has 0 radical (unpaired) electrons. The maximum atomic E-state index is 15.1. The lowest BCUT2D eigenvalue weighted by Crippen LogP contribution is -2.25. The molecular weight excluding hydrogens is 703 g/mol. The second-order valence-electron chi connectivity index (χ2n) is 13.2. The number of nitrogens with two attached hydrogens (primary N) is 1. The number of halogens is 5. The number of anilines is 2. The molecule has 3 aliphatic rings. The Morgan fingerprint density at radius 2 is 1.85 bits per heavy atom. The number of rotatable bonds is 6. The smallest absolute Gasteiger partial charge is 0.418 e. The Hall–Kier alpha value is -5.00. The van der Waals surface area contributed by atoms with Crippen molar-refractivity contribution in [1.82, 2.24) is 39.9 Å². The molecule has 0 bridgehead atoms. The average molecular weight is 747 g/mol. The number of likely N-dealkylation sites (tertiary alicyclic amines) is 1. The molecule has 13 nitrogen and oxygen atoms in total. The van der Waals surface area contributed by atoms with Gasteiger partial charge in [-0.2, -0.15) is 28.1 Å². The molecule has 3 aliphatic heterocycles. The summed E-state index contributed by atoms with van der Waals surface area (Å²) < 4.78 is 78.2. The minimum Gasteiger partial charge on any atom is -0.467 e. The van der Waals surface area contributed by atoms with Crippen LogP contribution in [0, 0.1) is 12.7 Å². The van der Waals surface area contributed by atoms with Crippen LogP contribution in [-0.2, 0) is 11.0 Å². The summed E-state index contributed by atoms with van der Waals surface area (Å²) in [5.41, 5.74) is 2.69. The van der Waals surface area contributed by atoms with E-state index >= 15 is 4.39 Å². The molecule has 0 aliphatic carbocycles. The number of aromatic nitrogens is 6. The van der Waals surface area contributed by atoms with Crippen LogP contribution >= 0.6 is 0 Å². The second kappa shape index (κ2) is 16.8. The van der Waals surface area contributed by atoms with Crippen molar-refractivity contribution >= 4 is 34.5 Å². The fourth-order valence-electron chi connectivity index (χ4n) is 6.47. The van der Waals surface area contributed by atoms with Crippen molar-refractivity contribution in [2.45, 2.75) is 77.2 Å². The number of methoxy groups -OCH3 is 1. The molecule has 3 N–H and O–H groups in total. The van der Waals surface area contributed by atoms with Gasteiger partial charge in [0.25, 0.3) is 5.89 Å². The number of carbonyl (C=O) groups excluding carboxylic acids is 1. The van der Waals surface area contributed by atoms with Crippen LogP contribution in [-0.4, -0.2) is 98.3 Å². The maximum absolute atomic E-state index is 15.1. The molecule has 1 amide bonds. The van der Waals surface area contributed by atoms with E-state index in [0.29, 0.717) is 24.3 Å². The molecule has 0 saturated carbocycles. The summed E-state index contributed by atoms with van der Waals surface area (Å²) in [6.45, 7) is 8.76. The van der Waals surface area contributed by atoms with Crippen LogP contribution in [0.3, 0.4) is 0 Å². The van der Waals surface area contributed by atoms with Gasteiger partial charge in [0.05, 0.1) is 18.1 Å². The topological polar surface area (TPSA) is 161 Å². The zero-order valence-corrected chi connectivity index (χ0v) is 30.2. The van der Waals surface area contributed by atoms with Crippen molar-refractivity contribution < 1.29 is 36.0 Å². The molecule has 3 saturated heterocycles. The number of amides is 1. The summed E-state index contributed by atoms with van der Waals surface area (Å²) in [5.74, 6) is 0.240. The van der Waals surface area contributed by atoms with Crippen molar-refractivity contribution in [3.63, 3.8) is 0 Å². The molecule has 18 heteroatoms.